The molecule has 0 saturated heterocycles. The third kappa shape index (κ3) is 5.78. The van der Waals surface area contributed by atoms with Crippen molar-refractivity contribution in [3.8, 4) is 5.88 Å². The summed E-state index contributed by atoms with van der Waals surface area (Å²) >= 11 is 0. The van der Waals surface area contributed by atoms with Gasteiger partial charge in [0.1, 0.15) is 0 Å². The Morgan fingerprint density at radius 3 is 2.75 bits per heavy atom. The Hall–Kier alpha value is -2.78. The van der Waals surface area contributed by atoms with Crippen LogP contribution in [0.5, 0.6) is 5.88 Å². The van der Waals surface area contributed by atoms with Crippen molar-refractivity contribution in [1.29, 1.82) is 0 Å². The fourth-order valence-corrected chi connectivity index (χ4v) is 1.77. The summed E-state index contributed by atoms with van der Waals surface area (Å²) < 4.78 is 40.9. The zero-order chi connectivity index (χ0) is 17.6. The molecule has 2 rings (SSSR count). The molecule has 0 unspecified atom stereocenters. The summed E-state index contributed by atoms with van der Waals surface area (Å²) in [5, 5.41) is 11.8. The van der Waals surface area contributed by atoms with Gasteiger partial charge < -0.3 is 15.4 Å². The number of halogens is 3. The normalized spacial score (nSPS) is 11.2. The van der Waals surface area contributed by atoms with E-state index in [2.05, 4.69) is 30.6 Å². The standard InChI is InChI=1S/C14H16F3N5O2/c1-9-11(7-21-22-9)6-20-13(23)19-5-10-2-3-18-12(4-10)24-8-14(15,16)17/h2-4,7H,5-6,8H2,1H3,(H,21,22)(H2,19,20,23). The van der Waals surface area contributed by atoms with E-state index in [0.717, 1.165) is 11.3 Å². The van der Waals surface area contributed by atoms with Gasteiger partial charge in [0.05, 0.1) is 6.20 Å². The van der Waals surface area contributed by atoms with Crippen molar-refractivity contribution < 1.29 is 22.7 Å². The Kier molecular flexibility index (Phi) is 5.61. The van der Waals surface area contributed by atoms with E-state index in [0.29, 0.717) is 12.1 Å². The van der Waals surface area contributed by atoms with E-state index in [4.69, 9.17) is 0 Å². The number of carbonyl (C=O) groups excluding carboxylic acids is 1. The van der Waals surface area contributed by atoms with Crippen LogP contribution in [-0.2, 0) is 13.1 Å². The molecule has 0 bridgehead atoms. The molecule has 0 aromatic carbocycles. The van der Waals surface area contributed by atoms with Gasteiger partial charge in [0.2, 0.25) is 5.88 Å². The first-order chi connectivity index (χ1) is 11.3. The molecule has 3 N–H and O–H groups in total. The second-order valence-corrected chi connectivity index (χ2v) is 4.96. The van der Waals surface area contributed by atoms with Crippen LogP contribution in [0, 0.1) is 6.92 Å². The van der Waals surface area contributed by atoms with Crippen molar-refractivity contribution in [1.82, 2.24) is 25.8 Å². The zero-order valence-electron chi connectivity index (χ0n) is 12.8. The average molecular weight is 343 g/mol. The quantitative estimate of drug-likeness (QED) is 0.749. The number of pyridine rings is 1. The number of rotatable bonds is 6. The lowest BCUT2D eigenvalue weighted by molar-refractivity contribution is -0.154. The predicted octanol–water partition coefficient (Wildman–Crippen LogP) is 2.05. The molecule has 2 heterocycles. The minimum absolute atomic E-state index is 0.126. The highest BCUT2D eigenvalue weighted by atomic mass is 19.4. The highest BCUT2D eigenvalue weighted by Gasteiger charge is 2.28. The molecular weight excluding hydrogens is 327 g/mol. The van der Waals surface area contributed by atoms with Crippen molar-refractivity contribution in [2.45, 2.75) is 26.2 Å². The number of carbonyl (C=O) groups is 1. The van der Waals surface area contributed by atoms with Gasteiger partial charge in [0.15, 0.2) is 6.61 Å². The molecule has 0 saturated carbocycles. The third-order valence-electron chi connectivity index (χ3n) is 3.01. The van der Waals surface area contributed by atoms with Crippen molar-refractivity contribution in [3.05, 3.63) is 41.3 Å². The van der Waals surface area contributed by atoms with Crippen molar-refractivity contribution in [2.24, 2.45) is 0 Å². The molecule has 0 aliphatic rings. The zero-order valence-corrected chi connectivity index (χ0v) is 12.8. The van der Waals surface area contributed by atoms with Crippen LogP contribution in [-0.4, -0.2) is 34.0 Å². The third-order valence-corrected chi connectivity index (χ3v) is 3.01. The fourth-order valence-electron chi connectivity index (χ4n) is 1.77. The van der Waals surface area contributed by atoms with E-state index >= 15 is 0 Å². The second-order valence-electron chi connectivity index (χ2n) is 4.96. The Balaban J connectivity index is 1.79. The second kappa shape index (κ2) is 7.66. The van der Waals surface area contributed by atoms with Crippen LogP contribution < -0.4 is 15.4 Å². The van der Waals surface area contributed by atoms with E-state index in [1.165, 1.54) is 12.3 Å². The van der Waals surface area contributed by atoms with Gasteiger partial charge >= 0.3 is 12.2 Å². The predicted molar refractivity (Wildman–Crippen MR) is 78.2 cm³/mol. The number of alkyl halides is 3. The summed E-state index contributed by atoms with van der Waals surface area (Å²) in [5.74, 6) is -0.152. The van der Waals surface area contributed by atoms with Crippen LogP contribution in [0.2, 0.25) is 0 Å². The van der Waals surface area contributed by atoms with E-state index in [1.54, 1.807) is 12.3 Å². The molecule has 130 valence electrons. The summed E-state index contributed by atoms with van der Waals surface area (Å²) in [6.45, 7) is 0.855. The lowest BCUT2D eigenvalue weighted by Gasteiger charge is -2.10. The molecular formula is C14H16F3N5O2. The van der Waals surface area contributed by atoms with Crippen molar-refractivity contribution >= 4 is 6.03 Å². The molecule has 2 aromatic rings. The maximum atomic E-state index is 12.1. The summed E-state index contributed by atoms with van der Waals surface area (Å²) in [6.07, 6.45) is -1.50. The monoisotopic (exact) mass is 343 g/mol. The topological polar surface area (TPSA) is 91.9 Å². The summed E-state index contributed by atoms with van der Waals surface area (Å²) in [4.78, 5) is 15.4. The number of aromatic nitrogens is 3. The van der Waals surface area contributed by atoms with Crippen molar-refractivity contribution in [2.75, 3.05) is 6.61 Å². The van der Waals surface area contributed by atoms with Crippen LogP contribution in [0.15, 0.2) is 24.5 Å². The first-order valence-corrected chi connectivity index (χ1v) is 6.98. The van der Waals surface area contributed by atoms with Gasteiger partial charge in [0.25, 0.3) is 0 Å². The molecule has 0 spiro atoms. The summed E-state index contributed by atoms with van der Waals surface area (Å²) in [6, 6.07) is 2.50. The number of hydrogen-bond donors (Lipinski definition) is 3. The Morgan fingerprint density at radius 1 is 1.33 bits per heavy atom. The van der Waals surface area contributed by atoms with Crippen LogP contribution in [0.1, 0.15) is 16.8 Å². The van der Waals surface area contributed by atoms with Gasteiger partial charge in [-0.1, -0.05) is 0 Å². The van der Waals surface area contributed by atoms with Gasteiger partial charge in [-0.2, -0.15) is 18.3 Å². The van der Waals surface area contributed by atoms with E-state index in [-0.39, 0.29) is 12.4 Å². The van der Waals surface area contributed by atoms with Crippen molar-refractivity contribution in [3.63, 3.8) is 0 Å². The van der Waals surface area contributed by atoms with E-state index in [1.807, 2.05) is 6.92 Å². The Morgan fingerprint density at radius 2 is 2.08 bits per heavy atom. The van der Waals surface area contributed by atoms with Gasteiger partial charge in [-0.05, 0) is 18.6 Å². The lowest BCUT2D eigenvalue weighted by Crippen LogP contribution is -2.34. The number of aromatic amines is 1. The summed E-state index contributed by atoms with van der Waals surface area (Å²) in [5.41, 5.74) is 2.28. The molecule has 7 nitrogen and oxygen atoms in total. The Labute approximate surface area is 135 Å². The molecule has 2 amide bonds. The summed E-state index contributed by atoms with van der Waals surface area (Å²) in [7, 11) is 0. The Bertz CT molecular complexity index is 687. The number of urea groups is 1. The number of nitrogens with zero attached hydrogens (tertiary/aromatic N) is 2. The molecule has 0 aliphatic heterocycles. The van der Waals surface area contributed by atoms with Gasteiger partial charge in [0, 0.05) is 36.6 Å². The number of hydrogen-bond acceptors (Lipinski definition) is 4. The maximum absolute atomic E-state index is 12.1. The first-order valence-electron chi connectivity index (χ1n) is 6.98. The number of amides is 2. The highest BCUT2D eigenvalue weighted by Crippen LogP contribution is 2.17. The minimum Gasteiger partial charge on any atom is -0.468 e. The number of ether oxygens (including phenoxy) is 1. The number of H-pyrrole nitrogens is 1. The average Bonchev–Trinajstić information content (AvgIpc) is 2.94. The first kappa shape index (κ1) is 17.6. The lowest BCUT2D eigenvalue weighted by atomic mass is 10.2. The van der Waals surface area contributed by atoms with Crippen LogP contribution in [0.3, 0.4) is 0 Å². The maximum Gasteiger partial charge on any atom is 0.422 e. The fraction of sp³-hybridized carbons (Fsp3) is 0.357. The molecule has 0 aliphatic carbocycles. The van der Waals surface area contributed by atoms with E-state index in [9.17, 15) is 18.0 Å². The minimum atomic E-state index is -4.43. The molecule has 2 aromatic heterocycles. The van der Waals surface area contributed by atoms with Crippen LogP contribution in [0.25, 0.3) is 0 Å². The number of aryl methyl sites for hydroxylation is 1. The molecule has 0 radical (unpaired) electrons. The SMILES string of the molecule is Cc1[nH]ncc1CNC(=O)NCc1ccnc(OCC(F)(F)F)c1. The molecule has 10 heteroatoms. The van der Waals surface area contributed by atoms with E-state index < -0.39 is 18.8 Å². The van der Waals surface area contributed by atoms with Gasteiger partial charge in [-0.3, -0.25) is 5.10 Å². The highest BCUT2D eigenvalue weighted by molar-refractivity contribution is 5.73. The van der Waals surface area contributed by atoms with Gasteiger partial charge in [-0.15, -0.1) is 0 Å². The van der Waals surface area contributed by atoms with Crippen LogP contribution >= 0.6 is 0 Å². The number of nitrogens with one attached hydrogen (secondary N) is 3. The molecule has 24 heavy (non-hydrogen) atoms. The largest absolute Gasteiger partial charge is 0.468 e. The smallest absolute Gasteiger partial charge is 0.422 e. The molecule has 0 fully saturated rings. The molecule has 0 atom stereocenters. The van der Waals surface area contributed by atoms with Gasteiger partial charge in [-0.25, -0.2) is 9.78 Å². The van der Waals surface area contributed by atoms with Crippen LogP contribution in [0.4, 0.5) is 18.0 Å².